The van der Waals surface area contributed by atoms with Gasteiger partial charge in [-0.1, -0.05) is 30.3 Å². The van der Waals surface area contributed by atoms with Crippen LogP contribution in [0.3, 0.4) is 0 Å². The Morgan fingerprint density at radius 1 is 0.897 bits per heavy atom. The Hall–Kier alpha value is -4.08. The standard InChI is InChI=1S/C30H35N5O4/c1-38-26-8-4-7-24(19-26)32-30(37)33-25-9-10-28(35-13-11-22-5-2-3-6-23(22)21-35)27(20-25)29(36)31-12-14-34-15-17-39-18-16-34/h2-10,19-20H,11-18,21H2,1H3,(H,31,36)(H2,32,33,37). The van der Waals surface area contributed by atoms with E-state index < -0.39 is 6.03 Å². The number of morpholine rings is 1. The number of fused-ring (bicyclic) bond motifs is 1. The van der Waals surface area contributed by atoms with Gasteiger partial charge in [-0.25, -0.2) is 4.79 Å². The molecule has 2 heterocycles. The maximum atomic E-state index is 13.5. The summed E-state index contributed by atoms with van der Waals surface area (Å²) in [6.07, 6.45) is 0.914. The molecule has 3 aromatic carbocycles. The molecule has 0 saturated carbocycles. The first-order chi connectivity index (χ1) is 19.1. The summed E-state index contributed by atoms with van der Waals surface area (Å²) in [6.45, 7) is 6.03. The van der Waals surface area contributed by atoms with Crippen molar-refractivity contribution in [3.05, 3.63) is 83.4 Å². The highest BCUT2D eigenvalue weighted by molar-refractivity contribution is 6.04. The van der Waals surface area contributed by atoms with Crippen LogP contribution < -0.4 is 25.6 Å². The van der Waals surface area contributed by atoms with Gasteiger partial charge in [0.05, 0.1) is 25.9 Å². The van der Waals surface area contributed by atoms with Crippen LogP contribution in [0.25, 0.3) is 0 Å². The van der Waals surface area contributed by atoms with Gasteiger partial charge in [0.25, 0.3) is 5.91 Å². The molecule has 0 radical (unpaired) electrons. The van der Waals surface area contributed by atoms with Crippen molar-refractivity contribution in [1.82, 2.24) is 10.2 Å². The van der Waals surface area contributed by atoms with Crippen LogP contribution in [0.15, 0.2) is 66.7 Å². The maximum absolute atomic E-state index is 13.5. The molecule has 3 aromatic rings. The molecule has 1 fully saturated rings. The number of carbonyl (C=O) groups excluding carboxylic acids is 2. The van der Waals surface area contributed by atoms with Crippen LogP contribution in [0.4, 0.5) is 21.9 Å². The van der Waals surface area contributed by atoms with Crippen LogP contribution in [0, 0.1) is 0 Å². The molecule has 39 heavy (non-hydrogen) atoms. The zero-order chi connectivity index (χ0) is 27.0. The minimum Gasteiger partial charge on any atom is -0.497 e. The smallest absolute Gasteiger partial charge is 0.323 e. The molecule has 9 nitrogen and oxygen atoms in total. The Morgan fingerprint density at radius 2 is 1.67 bits per heavy atom. The summed E-state index contributed by atoms with van der Waals surface area (Å²) in [7, 11) is 1.58. The summed E-state index contributed by atoms with van der Waals surface area (Å²) in [5.74, 6) is 0.491. The fourth-order valence-electron chi connectivity index (χ4n) is 5.01. The van der Waals surface area contributed by atoms with Crippen LogP contribution >= 0.6 is 0 Å². The zero-order valence-electron chi connectivity index (χ0n) is 22.2. The van der Waals surface area contributed by atoms with Crippen molar-refractivity contribution in [2.24, 2.45) is 0 Å². The number of nitrogens with one attached hydrogen (secondary N) is 3. The molecule has 2 aliphatic heterocycles. The molecule has 3 amide bonds. The Labute approximate surface area is 229 Å². The lowest BCUT2D eigenvalue weighted by atomic mass is 9.98. The second kappa shape index (κ2) is 12.6. The minimum atomic E-state index is -0.401. The lowest BCUT2D eigenvalue weighted by Crippen LogP contribution is -2.41. The van der Waals surface area contributed by atoms with Crippen molar-refractivity contribution in [2.45, 2.75) is 13.0 Å². The van der Waals surface area contributed by atoms with E-state index in [1.54, 1.807) is 31.4 Å². The average molecular weight is 530 g/mol. The first-order valence-corrected chi connectivity index (χ1v) is 13.4. The number of urea groups is 1. The molecular formula is C30H35N5O4. The Bertz CT molecular complexity index is 1310. The van der Waals surface area contributed by atoms with E-state index in [2.05, 4.69) is 50.0 Å². The zero-order valence-corrected chi connectivity index (χ0v) is 22.2. The van der Waals surface area contributed by atoms with Crippen LogP contribution in [0.2, 0.25) is 0 Å². The molecule has 0 aromatic heterocycles. The van der Waals surface area contributed by atoms with E-state index >= 15 is 0 Å². The number of rotatable bonds is 8. The Balaban J connectivity index is 1.32. The van der Waals surface area contributed by atoms with E-state index in [4.69, 9.17) is 9.47 Å². The molecular weight excluding hydrogens is 494 g/mol. The predicted molar refractivity (Wildman–Crippen MR) is 153 cm³/mol. The van der Waals surface area contributed by atoms with Crippen LogP contribution in [0.1, 0.15) is 21.5 Å². The largest absolute Gasteiger partial charge is 0.497 e. The van der Waals surface area contributed by atoms with E-state index in [-0.39, 0.29) is 5.91 Å². The Kier molecular flexibility index (Phi) is 8.60. The van der Waals surface area contributed by atoms with E-state index in [1.807, 2.05) is 18.2 Å². The second-order valence-electron chi connectivity index (χ2n) is 9.69. The SMILES string of the molecule is COc1cccc(NC(=O)Nc2ccc(N3CCc4ccccc4C3)c(C(=O)NCCN3CCOCC3)c2)c1. The molecule has 1 saturated heterocycles. The predicted octanol–water partition coefficient (Wildman–Crippen LogP) is 3.96. The van der Waals surface area contributed by atoms with Crippen molar-refractivity contribution in [1.29, 1.82) is 0 Å². The average Bonchev–Trinajstić information content (AvgIpc) is 2.97. The lowest BCUT2D eigenvalue weighted by molar-refractivity contribution is 0.0383. The number of benzene rings is 3. The summed E-state index contributed by atoms with van der Waals surface area (Å²) in [4.78, 5) is 30.7. The lowest BCUT2D eigenvalue weighted by Gasteiger charge is -2.32. The van der Waals surface area contributed by atoms with Crippen molar-refractivity contribution < 1.29 is 19.1 Å². The molecule has 2 aliphatic rings. The fraction of sp³-hybridized carbons (Fsp3) is 0.333. The first-order valence-electron chi connectivity index (χ1n) is 13.4. The van der Waals surface area contributed by atoms with Gasteiger partial charge in [0.15, 0.2) is 0 Å². The third kappa shape index (κ3) is 6.87. The van der Waals surface area contributed by atoms with E-state index in [0.717, 1.165) is 58.0 Å². The van der Waals surface area contributed by atoms with Gasteiger partial charge < -0.3 is 30.3 Å². The van der Waals surface area contributed by atoms with E-state index in [9.17, 15) is 9.59 Å². The summed E-state index contributed by atoms with van der Waals surface area (Å²) in [5, 5.41) is 8.77. The molecule has 0 spiro atoms. The number of ether oxygens (including phenoxy) is 2. The van der Waals surface area contributed by atoms with Gasteiger partial charge >= 0.3 is 6.03 Å². The minimum absolute atomic E-state index is 0.158. The fourth-order valence-corrected chi connectivity index (χ4v) is 5.01. The summed E-state index contributed by atoms with van der Waals surface area (Å²) >= 11 is 0. The maximum Gasteiger partial charge on any atom is 0.323 e. The molecule has 0 aliphatic carbocycles. The van der Waals surface area contributed by atoms with Gasteiger partial charge in [-0.3, -0.25) is 9.69 Å². The third-order valence-corrected chi connectivity index (χ3v) is 7.12. The number of carbonyl (C=O) groups is 2. The third-order valence-electron chi connectivity index (χ3n) is 7.12. The quantitative estimate of drug-likeness (QED) is 0.409. The molecule has 9 heteroatoms. The van der Waals surface area contributed by atoms with Crippen LogP contribution in [-0.4, -0.2) is 69.9 Å². The van der Waals surface area contributed by atoms with Crippen LogP contribution in [-0.2, 0) is 17.7 Å². The Morgan fingerprint density at radius 3 is 2.46 bits per heavy atom. The van der Waals surface area contributed by atoms with Gasteiger partial charge in [-0.2, -0.15) is 0 Å². The van der Waals surface area contributed by atoms with Gasteiger partial charge in [-0.15, -0.1) is 0 Å². The van der Waals surface area contributed by atoms with Crippen molar-refractivity contribution >= 4 is 29.0 Å². The van der Waals surface area contributed by atoms with Crippen molar-refractivity contribution in [2.75, 3.05) is 68.6 Å². The highest BCUT2D eigenvalue weighted by Crippen LogP contribution is 2.30. The number of amides is 3. The van der Waals surface area contributed by atoms with Gasteiger partial charge in [0.1, 0.15) is 5.75 Å². The number of hydrogen-bond acceptors (Lipinski definition) is 6. The first kappa shape index (κ1) is 26.5. The number of methoxy groups -OCH3 is 1. The van der Waals surface area contributed by atoms with Crippen LogP contribution in [0.5, 0.6) is 5.75 Å². The summed E-state index contributed by atoms with van der Waals surface area (Å²) in [6, 6.07) is 20.7. The number of nitrogens with zero attached hydrogens (tertiary/aromatic N) is 2. The summed E-state index contributed by atoms with van der Waals surface area (Å²) < 4.78 is 10.6. The van der Waals surface area contributed by atoms with Gasteiger partial charge in [0.2, 0.25) is 0 Å². The van der Waals surface area contributed by atoms with Gasteiger partial charge in [-0.05, 0) is 47.9 Å². The summed E-state index contributed by atoms with van der Waals surface area (Å²) in [5.41, 5.74) is 5.15. The highest BCUT2D eigenvalue weighted by atomic mass is 16.5. The van der Waals surface area contributed by atoms with E-state index in [0.29, 0.717) is 29.2 Å². The topological polar surface area (TPSA) is 95.2 Å². The van der Waals surface area contributed by atoms with Gasteiger partial charge in [0, 0.05) is 62.4 Å². The number of anilines is 3. The molecule has 0 atom stereocenters. The molecule has 5 rings (SSSR count). The highest BCUT2D eigenvalue weighted by Gasteiger charge is 2.22. The number of hydrogen-bond donors (Lipinski definition) is 3. The van der Waals surface area contributed by atoms with Crippen molar-refractivity contribution in [3.63, 3.8) is 0 Å². The molecule has 204 valence electrons. The van der Waals surface area contributed by atoms with Crippen molar-refractivity contribution in [3.8, 4) is 5.75 Å². The molecule has 0 unspecified atom stereocenters. The molecule has 0 bridgehead atoms. The molecule has 3 N–H and O–H groups in total. The normalized spacial score (nSPS) is 15.3. The monoisotopic (exact) mass is 529 g/mol. The van der Waals surface area contributed by atoms with E-state index in [1.165, 1.54) is 11.1 Å². The second-order valence-corrected chi connectivity index (χ2v) is 9.69.